The lowest BCUT2D eigenvalue weighted by Gasteiger charge is -2.31. The highest BCUT2D eigenvalue weighted by Crippen LogP contribution is 2.32. The molecule has 1 aromatic carbocycles. The lowest BCUT2D eigenvalue weighted by Crippen LogP contribution is -2.34. The molecule has 1 heterocycles. The second-order valence-electron chi connectivity index (χ2n) is 4.42. The van der Waals surface area contributed by atoms with Gasteiger partial charge in [-0.2, -0.15) is 0 Å². The van der Waals surface area contributed by atoms with Gasteiger partial charge in [0.2, 0.25) is 0 Å². The van der Waals surface area contributed by atoms with Crippen LogP contribution in [0, 0.1) is 0 Å². The van der Waals surface area contributed by atoms with E-state index in [0.717, 1.165) is 38.5 Å². The first-order valence-corrected chi connectivity index (χ1v) is 6.33. The minimum atomic E-state index is 0.638. The lowest BCUT2D eigenvalue weighted by atomic mass is 10.1. The zero-order chi connectivity index (χ0) is 12.8. The van der Waals surface area contributed by atoms with Crippen LogP contribution in [0.4, 0.5) is 5.69 Å². The van der Waals surface area contributed by atoms with Gasteiger partial charge in [0, 0.05) is 27.4 Å². The average molecular weight is 251 g/mol. The van der Waals surface area contributed by atoms with E-state index in [0.29, 0.717) is 6.61 Å². The summed E-state index contributed by atoms with van der Waals surface area (Å²) in [5.41, 5.74) is 2.35. The van der Waals surface area contributed by atoms with Crippen molar-refractivity contribution in [1.82, 2.24) is 0 Å². The Morgan fingerprint density at radius 2 is 2.17 bits per heavy atom. The summed E-state index contributed by atoms with van der Waals surface area (Å²) in [6.45, 7) is 4.13. The van der Waals surface area contributed by atoms with Gasteiger partial charge in [-0.3, -0.25) is 0 Å². The van der Waals surface area contributed by atoms with E-state index < -0.39 is 0 Å². The molecule has 0 saturated carbocycles. The molecule has 0 aromatic heterocycles. The van der Waals surface area contributed by atoms with E-state index in [-0.39, 0.29) is 0 Å². The van der Waals surface area contributed by atoms with Crippen molar-refractivity contribution in [3.8, 4) is 5.75 Å². The highest BCUT2D eigenvalue weighted by molar-refractivity contribution is 5.61. The number of anilines is 1. The summed E-state index contributed by atoms with van der Waals surface area (Å²) in [4.78, 5) is 2.36. The van der Waals surface area contributed by atoms with Gasteiger partial charge in [0.15, 0.2) is 0 Å². The summed E-state index contributed by atoms with van der Waals surface area (Å²) < 4.78 is 16.0. The van der Waals surface area contributed by atoms with Crippen molar-refractivity contribution in [2.24, 2.45) is 0 Å². The third-order valence-corrected chi connectivity index (χ3v) is 3.07. The van der Waals surface area contributed by atoms with E-state index in [1.54, 1.807) is 14.2 Å². The maximum atomic E-state index is 5.68. The number of methoxy groups -OCH3 is 2. The number of hydrogen-bond acceptors (Lipinski definition) is 4. The molecule has 0 bridgehead atoms. The maximum absolute atomic E-state index is 5.68. The van der Waals surface area contributed by atoms with Gasteiger partial charge in [0.1, 0.15) is 12.4 Å². The molecule has 18 heavy (non-hydrogen) atoms. The number of nitrogens with zero attached hydrogens (tertiary/aromatic N) is 1. The van der Waals surface area contributed by atoms with E-state index in [2.05, 4.69) is 17.0 Å². The fourth-order valence-corrected chi connectivity index (χ4v) is 2.21. The summed E-state index contributed by atoms with van der Waals surface area (Å²) in [5.74, 6) is 0.971. The first kappa shape index (κ1) is 13.2. The van der Waals surface area contributed by atoms with Crippen molar-refractivity contribution in [2.75, 3.05) is 45.4 Å². The summed E-state index contributed by atoms with van der Waals surface area (Å²) in [7, 11) is 3.45. The summed E-state index contributed by atoms with van der Waals surface area (Å²) in [6.07, 6.45) is 1.03. The van der Waals surface area contributed by atoms with Crippen LogP contribution in [0.3, 0.4) is 0 Å². The molecule has 0 N–H and O–H groups in total. The van der Waals surface area contributed by atoms with Gasteiger partial charge in [-0.25, -0.2) is 0 Å². The van der Waals surface area contributed by atoms with Crippen LogP contribution in [-0.4, -0.2) is 40.5 Å². The van der Waals surface area contributed by atoms with Gasteiger partial charge in [0.05, 0.1) is 18.8 Å². The van der Waals surface area contributed by atoms with E-state index >= 15 is 0 Å². The topological polar surface area (TPSA) is 30.9 Å². The number of ether oxygens (including phenoxy) is 3. The molecule has 0 unspecified atom stereocenters. The zero-order valence-electron chi connectivity index (χ0n) is 11.1. The molecule has 2 rings (SSSR count). The molecule has 0 saturated heterocycles. The van der Waals surface area contributed by atoms with Crippen molar-refractivity contribution >= 4 is 5.69 Å². The van der Waals surface area contributed by atoms with Crippen molar-refractivity contribution in [1.29, 1.82) is 0 Å². The largest absolute Gasteiger partial charge is 0.490 e. The summed E-state index contributed by atoms with van der Waals surface area (Å²) >= 11 is 0. The van der Waals surface area contributed by atoms with Gasteiger partial charge in [0.25, 0.3) is 0 Å². The normalized spacial score (nSPS) is 14.2. The standard InChI is InChI=1S/C14H21NO3/c1-16-8-3-6-15-7-9-18-14-5-4-12(11-17-2)10-13(14)15/h4-5,10H,3,6-9,11H2,1-2H3. The molecule has 4 nitrogen and oxygen atoms in total. The highest BCUT2D eigenvalue weighted by Gasteiger charge is 2.17. The van der Waals surface area contributed by atoms with Gasteiger partial charge in [-0.15, -0.1) is 0 Å². The van der Waals surface area contributed by atoms with Crippen LogP contribution in [0.1, 0.15) is 12.0 Å². The van der Waals surface area contributed by atoms with Gasteiger partial charge in [-0.1, -0.05) is 6.07 Å². The van der Waals surface area contributed by atoms with Crippen molar-refractivity contribution in [3.05, 3.63) is 23.8 Å². The predicted octanol–water partition coefficient (Wildman–Crippen LogP) is 2.07. The van der Waals surface area contributed by atoms with E-state index in [9.17, 15) is 0 Å². The molecule has 0 amide bonds. The maximum Gasteiger partial charge on any atom is 0.142 e. The first-order chi connectivity index (χ1) is 8.85. The summed E-state index contributed by atoms with van der Waals surface area (Å²) in [6, 6.07) is 6.25. The first-order valence-electron chi connectivity index (χ1n) is 6.33. The molecule has 1 aromatic rings. The average Bonchev–Trinajstić information content (AvgIpc) is 2.40. The van der Waals surface area contributed by atoms with Crippen LogP contribution in [0.5, 0.6) is 5.75 Å². The molecule has 0 fully saturated rings. The third kappa shape index (κ3) is 3.15. The molecule has 0 spiro atoms. The van der Waals surface area contributed by atoms with Crippen LogP contribution in [0.2, 0.25) is 0 Å². The quantitative estimate of drug-likeness (QED) is 0.724. The number of benzene rings is 1. The van der Waals surface area contributed by atoms with Gasteiger partial charge < -0.3 is 19.1 Å². The van der Waals surface area contributed by atoms with E-state index in [1.165, 1.54) is 11.3 Å². The van der Waals surface area contributed by atoms with Crippen LogP contribution >= 0.6 is 0 Å². The minimum Gasteiger partial charge on any atom is -0.490 e. The molecule has 100 valence electrons. The van der Waals surface area contributed by atoms with Crippen LogP contribution < -0.4 is 9.64 Å². The second-order valence-corrected chi connectivity index (χ2v) is 4.42. The highest BCUT2D eigenvalue weighted by atomic mass is 16.5. The minimum absolute atomic E-state index is 0.638. The molecular weight excluding hydrogens is 230 g/mol. The molecule has 0 radical (unpaired) electrons. The Hall–Kier alpha value is -1.26. The molecule has 0 aliphatic carbocycles. The van der Waals surface area contributed by atoms with Crippen molar-refractivity contribution in [2.45, 2.75) is 13.0 Å². The van der Waals surface area contributed by atoms with Crippen molar-refractivity contribution in [3.63, 3.8) is 0 Å². The predicted molar refractivity (Wildman–Crippen MR) is 71.4 cm³/mol. The fourth-order valence-electron chi connectivity index (χ4n) is 2.21. The third-order valence-electron chi connectivity index (χ3n) is 3.07. The Balaban J connectivity index is 2.10. The lowest BCUT2D eigenvalue weighted by molar-refractivity contribution is 0.184. The van der Waals surface area contributed by atoms with E-state index in [1.807, 2.05) is 6.07 Å². The fraction of sp³-hybridized carbons (Fsp3) is 0.571. The molecule has 4 heteroatoms. The Morgan fingerprint density at radius 1 is 1.28 bits per heavy atom. The number of fused-ring (bicyclic) bond motifs is 1. The monoisotopic (exact) mass is 251 g/mol. The molecule has 1 aliphatic rings. The van der Waals surface area contributed by atoms with Crippen LogP contribution in [-0.2, 0) is 16.1 Å². The van der Waals surface area contributed by atoms with Gasteiger partial charge >= 0.3 is 0 Å². The Morgan fingerprint density at radius 3 is 2.94 bits per heavy atom. The zero-order valence-corrected chi connectivity index (χ0v) is 11.1. The van der Waals surface area contributed by atoms with Crippen LogP contribution in [0.25, 0.3) is 0 Å². The Labute approximate surface area is 108 Å². The number of hydrogen-bond donors (Lipinski definition) is 0. The molecule has 0 atom stereocenters. The van der Waals surface area contributed by atoms with Gasteiger partial charge in [-0.05, 0) is 24.1 Å². The summed E-state index contributed by atoms with van der Waals surface area (Å²) in [5, 5.41) is 0. The van der Waals surface area contributed by atoms with E-state index in [4.69, 9.17) is 14.2 Å². The molecular formula is C14H21NO3. The molecule has 1 aliphatic heterocycles. The smallest absolute Gasteiger partial charge is 0.142 e. The number of rotatable bonds is 6. The Bertz CT molecular complexity index is 381. The van der Waals surface area contributed by atoms with Crippen molar-refractivity contribution < 1.29 is 14.2 Å². The SMILES string of the molecule is COCCCN1CCOc2ccc(COC)cc21. The van der Waals surface area contributed by atoms with Crippen LogP contribution in [0.15, 0.2) is 18.2 Å². The Kier molecular flexibility index (Phi) is 4.84. The second kappa shape index (κ2) is 6.61.